The molecule has 2 aliphatic rings. The number of aromatic nitrogens is 1. The number of sulfonamides is 1. The SMILES string of the molecule is Cn1cc(S(=O)(=O)N2CCCCC2)cc1C(=O)NC1CCc2ccccc2C1. The van der Waals surface area contributed by atoms with Crippen LogP contribution in [0, 0.1) is 0 Å². The molecular weight excluding hydrogens is 374 g/mol. The molecule has 1 aromatic heterocycles. The number of nitrogens with one attached hydrogen (secondary N) is 1. The number of piperidine rings is 1. The van der Waals surface area contributed by atoms with Crippen molar-refractivity contribution < 1.29 is 13.2 Å². The molecule has 1 amide bonds. The van der Waals surface area contributed by atoms with Crippen LogP contribution in [-0.2, 0) is 29.9 Å². The minimum Gasteiger partial charge on any atom is -0.348 e. The summed E-state index contributed by atoms with van der Waals surface area (Å²) < 4.78 is 28.9. The molecule has 4 rings (SSSR count). The van der Waals surface area contributed by atoms with Crippen molar-refractivity contribution >= 4 is 15.9 Å². The van der Waals surface area contributed by atoms with Gasteiger partial charge in [-0.1, -0.05) is 30.7 Å². The van der Waals surface area contributed by atoms with Gasteiger partial charge in [-0.25, -0.2) is 8.42 Å². The van der Waals surface area contributed by atoms with Crippen LogP contribution in [0.2, 0.25) is 0 Å². The predicted molar refractivity (Wildman–Crippen MR) is 108 cm³/mol. The summed E-state index contributed by atoms with van der Waals surface area (Å²) in [5.41, 5.74) is 3.01. The third kappa shape index (κ3) is 3.73. The van der Waals surface area contributed by atoms with Gasteiger partial charge in [0.2, 0.25) is 10.0 Å². The zero-order valence-corrected chi connectivity index (χ0v) is 17.0. The van der Waals surface area contributed by atoms with Crippen molar-refractivity contribution in [3.63, 3.8) is 0 Å². The van der Waals surface area contributed by atoms with Gasteiger partial charge in [-0.15, -0.1) is 0 Å². The summed E-state index contributed by atoms with van der Waals surface area (Å²) >= 11 is 0. The minimum atomic E-state index is -3.54. The first kappa shape index (κ1) is 19.2. The Labute approximate surface area is 166 Å². The number of rotatable bonds is 4. The van der Waals surface area contributed by atoms with Crippen molar-refractivity contribution in [3.8, 4) is 0 Å². The zero-order chi connectivity index (χ0) is 19.7. The van der Waals surface area contributed by atoms with Crippen LogP contribution in [0.25, 0.3) is 0 Å². The second kappa shape index (κ2) is 7.72. The molecule has 6 nitrogen and oxygen atoms in total. The number of hydrogen-bond donors (Lipinski definition) is 1. The summed E-state index contributed by atoms with van der Waals surface area (Å²) in [6.07, 6.45) is 7.05. The minimum absolute atomic E-state index is 0.0689. The standard InChI is InChI=1S/C21H27N3O3S/c1-23-15-19(28(26,27)24-11-5-2-6-12-24)14-20(23)21(25)22-18-10-9-16-7-3-4-8-17(16)13-18/h3-4,7-8,14-15,18H,2,5-6,9-13H2,1H3,(H,22,25). The molecule has 1 unspecified atom stereocenters. The Kier molecular flexibility index (Phi) is 5.29. The molecule has 0 spiro atoms. The quantitative estimate of drug-likeness (QED) is 0.856. The predicted octanol–water partition coefficient (Wildman–Crippen LogP) is 2.49. The van der Waals surface area contributed by atoms with Crippen LogP contribution >= 0.6 is 0 Å². The van der Waals surface area contributed by atoms with Crippen molar-refractivity contribution in [2.75, 3.05) is 13.1 Å². The van der Waals surface area contributed by atoms with Gasteiger partial charge in [0.05, 0.1) is 0 Å². The van der Waals surface area contributed by atoms with E-state index in [0.717, 1.165) is 38.5 Å². The van der Waals surface area contributed by atoms with Crippen molar-refractivity contribution in [2.45, 2.75) is 49.5 Å². The van der Waals surface area contributed by atoms with E-state index in [4.69, 9.17) is 0 Å². The van der Waals surface area contributed by atoms with Crippen LogP contribution in [0.5, 0.6) is 0 Å². The van der Waals surface area contributed by atoms with Crippen molar-refractivity contribution in [2.24, 2.45) is 7.05 Å². The highest BCUT2D eigenvalue weighted by atomic mass is 32.2. The number of benzene rings is 1. The van der Waals surface area contributed by atoms with Gasteiger partial charge in [-0.05, 0) is 49.3 Å². The lowest BCUT2D eigenvalue weighted by Gasteiger charge is -2.25. The Balaban J connectivity index is 1.48. The maximum Gasteiger partial charge on any atom is 0.268 e. The van der Waals surface area contributed by atoms with Gasteiger partial charge < -0.3 is 9.88 Å². The molecule has 2 heterocycles. The Morgan fingerprint density at radius 2 is 1.82 bits per heavy atom. The molecule has 1 saturated heterocycles. The number of nitrogens with zero attached hydrogens (tertiary/aromatic N) is 2. The van der Waals surface area contributed by atoms with Crippen LogP contribution in [-0.4, -0.2) is 42.3 Å². The highest BCUT2D eigenvalue weighted by Crippen LogP contribution is 2.24. The van der Waals surface area contributed by atoms with E-state index in [2.05, 4.69) is 17.4 Å². The van der Waals surface area contributed by atoms with Crippen LogP contribution in [0.3, 0.4) is 0 Å². The molecule has 0 radical (unpaired) electrons. The molecule has 1 aromatic carbocycles. The molecule has 7 heteroatoms. The first-order valence-electron chi connectivity index (χ1n) is 9.99. The monoisotopic (exact) mass is 401 g/mol. The Bertz CT molecular complexity index is 975. The average Bonchev–Trinajstić information content (AvgIpc) is 3.11. The number of carbonyl (C=O) groups excluding carboxylic acids is 1. The van der Waals surface area contributed by atoms with Gasteiger partial charge in [-0.2, -0.15) is 4.31 Å². The first-order chi connectivity index (χ1) is 13.4. The van der Waals surface area contributed by atoms with Crippen LogP contribution in [0.15, 0.2) is 41.4 Å². The Morgan fingerprint density at radius 3 is 2.57 bits per heavy atom. The molecule has 28 heavy (non-hydrogen) atoms. The van der Waals surface area contributed by atoms with E-state index in [1.807, 2.05) is 12.1 Å². The number of carbonyl (C=O) groups is 1. The molecule has 0 saturated carbocycles. The summed E-state index contributed by atoms with van der Waals surface area (Å²) in [5, 5.41) is 3.09. The molecule has 2 aromatic rings. The number of hydrogen-bond acceptors (Lipinski definition) is 3. The smallest absolute Gasteiger partial charge is 0.268 e. The van der Waals surface area contributed by atoms with Gasteiger partial charge in [0.1, 0.15) is 10.6 Å². The third-order valence-corrected chi connectivity index (χ3v) is 7.71. The summed E-state index contributed by atoms with van der Waals surface area (Å²) in [4.78, 5) is 13.0. The fourth-order valence-corrected chi connectivity index (χ4v) is 5.82. The van der Waals surface area contributed by atoms with Gasteiger partial charge in [0.15, 0.2) is 0 Å². The van der Waals surface area contributed by atoms with Crippen molar-refractivity contribution in [1.82, 2.24) is 14.2 Å². The number of amides is 1. The van der Waals surface area contributed by atoms with E-state index in [9.17, 15) is 13.2 Å². The van der Waals surface area contributed by atoms with Gasteiger partial charge in [0.25, 0.3) is 5.91 Å². The highest BCUT2D eigenvalue weighted by molar-refractivity contribution is 7.89. The lowest BCUT2D eigenvalue weighted by Crippen LogP contribution is -2.39. The largest absolute Gasteiger partial charge is 0.348 e. The van der Waals surface area contributed by atoms with Crippen LogP contribution in [0.1, 0.15) is 47.3 Å². The molecule has 1 atom stereocenters. The number of aryl methyl sites for hydroxylation is 2. The summed E-state index contributed by atoms with van der Waals surface area (Å²) in [6, 6.07) is 9.90. The Hall–Kier alpha value is -2.12. The zero-order valence-electron chi connectivity index (χ0n) is 16.2. The maximum absolute atomic E-state index is 12.9. The van der Waals surface area contributed by atoms with E-state index in [1.54, 1.807) is 17.8 Å². The molecular formula is C21H27N3O3S. The second-order valence-corrected chi connectivity index (χ2v) is 9.76. The normalized spacial score (nSPS) is 20.5. The molecule has 150 valence electrons. The first-order valence-corrected chi connectivity index (χ1v) is 11.4. The lowest BCUT2D eigenvalue weighted by molar-refractivity contribution is 0.0925. The molecule has 1 aliphatic heterocycles. The third-order valence-electron chi connectivity index (χ3n) is 5.85. The van der Waals surface area contributed by atoms with E-state index >= 15 is 0 Å². The van der Waals surface area contributed by atoms with Crippen LogP contribution < -0.4 is 5.32 Å². The van der Waals surface area contributed by atoms with Gasteiger partial charge in [0, 0.05) is 32.4 Å². The summed E-state index contributed by atoms with van der Waals surface area (Å²) in [5.74, 6) is -0.216. The molecule has 1 aliphatic carbocycles. The molecule has 0 bridgehead atoms. The summed E-state index contributed by atoms with van der Waals surface area (Å²) in [6.45, 7) is 1.11. The lowest BCUT2D eigenvalue weighted by atomic mass is 9.88. The Morgan fingerprint density at radius 1 is 1.11 bits per heavy atom. The van der Waals surface area contributed by atoms with Crippen molar-refractivity contribution in [3.05, 3.63) is 53.3 Å². The highest BCUT2D eigenvalue weighted by Gasteiger charge is 2.29. The number of fused-ring (bicyclic) bond motifs is 1. The van der Waals surface area contributed by atoms with E-state index < -0.39 is 10.0 Å². The molecule has 1 fully saturated rings. The van der Waals surface area contributed by atoms with Gasteiger partial charge in [-0.3, -0.25) is 4.79 Å². The average molecular weight is 402 g/mol. The molecule has 1 N–H and O–H groups in total. The fourth-order valence-electron chi connectivity index (χ4n) is 4.24. The van der Waals surface area contributed by atoms with E-state index in [1.165, 1.54) is 21.5 Å². The fraction of sp³-hybridized carbons (Fsp3) is 0.476. The van der Waals surface area contributed by atoms with Crippen LogP contribution in [0.4, 0.5) is 0 Å². The summed E-state index contributed by atoms with van der Waals surface area (Å²) in [7, 11) is -1.82. The van der Waals surface area contributed by atoms with E-state index in [0.29, 0.717) is 18.8 Å². The maximum atomic E-state index is 12.9. The van der Waals surface area contributed by atoms with Gasteiger partial charge >= 0.3 is 0 Å². The van der Waals surface area contributed by atoms with Crippen molar-refractivity contribution in [1.29, 1.82) is 0 Å². The second-order valence-electron chi connectivity index (χ2n) is 7.82. The van der Waals surface area contributed by atoms with E-state index in [-0.39, 0.29) is 16.8 Å². The topological polar surface area (TPSA) is 71.4 Å².